The Morgan fingerprint density at radius 1 is 1.04 bits per heavy atom. The summed E-state index contributed by atoms with van der Waals surface area (Å²) in [4.78, 5) is 14.0. The molecule has 0 fully saturated rings. The highest BCUT2D eigenvalue weighted by Gasteiger charge is 2.19. The third-order valence-corrected chi connectivity index (χ3v) is 5.05. The van der Waals surface area contributed by atoms with E-state index in [9.17, 15) is 13.2 Å². The number of carbonyl (C=O) groups is 1. The second-order valence-corrected chi connectivity index (χ2v) is 7.63. The van der Waals surface area contributed by atoms with Crippen molar-refractivity contribution in [1.82, 2.24) is 0 Å². The molecule has 0 saturated carbocycles. The molecular weight excluding hydrogens is 336 g/mol. The Balaban J connectivity index is 2.05. The molecule has 0 heterocycles. The van der Waals surface area contributed by atoms with Gasteiger partial charge in [0.15, 0.2) is 9.84 Å². The molecule has 1 N–H and O–H groups in total. The van der Waals surface area contributed by atoms with Gasteiger partial charge in [-0.25, -0.2) is 8.42 Å². The van der Waals surface area contributed by atoms with Gasteiger partial charge in [-0.05, 0) is 48.5 Å². The molecule has 0 aliphatic heterocycles. The predicted octanol–water partition coefficient (Wildman–Crippen LogP) is 2.82. The smallest absolute Gasteiger partial charge is 0.239 e. The number of rotatable bonds is 5. The van der Waals surface area contributed by atoms with Gasteiger partial charge >= 0.3 is 0 Å². The van der Waals surface area contributed by atoms with Gasteiger partial charge in [0.05, 0.1) is 4.90 Å². The van der Waals surface area contributed by atoms with Crippen LogP contribution in [-0.2, 0) is 14.6 Å². The van der Waals surface area contributed by atoms with Gasteiger partial charge in [-0.15, -0.1) is 0 Å². The summed E-state index contributed by atoms with van der Waals surface area (Å²) in [6.07, 6.45) is 0. The molecule has 7 heteroatoms. The van der Waals surface area contributed by atoms with E-state index in [1.807, 2.05) is 31.1 Å². The van der Waals surface area contributed by atoms with Gasteiger partial charge in [-0.2, -0.15) is 0 Å². The van der Waals surface area contributed by atoms with Crippen LogP contribution in [0.1, 0.15) is 0 Å². The summed E-state index contributed by atoms with van der Waals surface area (Å²) in [7, 11) is 0.121. The van der Waals surface area contributed by atoms with Crippen molar-refractivity contribution in [3.63, 3.8) is 0 Å². The van der Waals surface area contributed by atoms with Crippen molar-refractivity contribution in [2.24, 2.45) is 0 Å². The van der Waals surface area contributed by atoms with Crippen molar-refractivity contribution < 1.29 is 13.2 Å². The van der Waals surface area contributed by atoms with E-state index in [1.54, 1.807) is 12.1 Å². The van der Waals surface area contributed by atoms with E-state index in [1.165, 1.54) is 24.3 Å². The Labute approximate surface area is 140 Å². The second kappa shape index (κ2) is 7.02. The quantitative estimate of drug-likeness (QED) is 0.898. The summed E-state index contributed by atoms with van der Waals surface area (Å²) in [5.41, 5.74) is 1.53. The molecule has 0 radical (unpaired) electrons. The second-order valence-electron chi connectivity index (χ2n) is 5.20. The molecule has 0 atom stereocenters. The normalized spacial score (nSPS) is 11.1. The zero-order valence-electron chi connectivity index (χ0n) is 12.8. The van der Waals surface area contributed by atoms with Gasteiger partial charge in [0, 0.05) is 30.5 Å². The lowest BCUT2D eigenvalue weighted by Crippen LogP contribution is -2.23. The Morgan fingerprint density at radius 3 is 2.13 bits per heavy atom. The lowest BCUT2D eigenvalue weighted by atomic mass is 10.2. The van der Waals surface area contributed by atoms with Gasteiger partial charge in [0.25, 0.3) is 0 Å². The molecule has 23 heavy (non-hydrogen) atoms. The van der Waals surface area contributed by atoms with Gasteiger partial charge in [-0.1, -0.05) is 11.6 Å². The zero-order chi connectivity index (χ0) is 17.0. The monoisotopic (exact) mass is 352 g/mol. The molecule has 0 aromatic heterocycles. The molecule has 0 aliphatic rings. The fraction of sp³-hybridized carbons (Fsp3) is 0.188. The number of sulfone groups is 1. The van der Waals surface area contributed by atoms with Crippen LogP contribution in [0, 0.1) is 0 Å². The predicted molar refractivity (Wildman–Crippen MR) is 92.9 cm³/mol. The van der Waals surface area contributed by atoms with E-state index < -0.39 is 21.5 Å². The van der Waals surface area contributed by atoms with Crippen LogP contribution < -0.4 is 10.2 Å². The first-order valence-corrected chi connectivity index (χ1v) is 8.86. The highest BCUT2D eigenvalue weighted by atomic mass is 35.5. The summed E-state index contributed by atoms with van der Waals surface area (Å²) in [6.45, 7) is 0. The molecular formula is C16H17ClN2O3S. The minimum Gasteiger partial charge on any atom is -0.378 e. The van der Waals surface area contributed by atoms with E-state index in [0.717, 1.165) is 5.69 Å². The lowest BCUT2D eigenvalue weighted by molar-refractivity contribution is -0.113. The number of amides is 1. The minimum absolute atomic E-state index is 0.0694. The summed E-state index contributed by atoms with van der Waals surface area (Å²) in [5, 5.41) is 3.02. The van der Waals surface area contributed by atoms with E-state index in [2.05, 4.69) is 5.32 Å². The van der Waals surface area contributed by atoms with Crippen molar-refractivity contribution in [3.8, 4) is 0 Å². The molecule has 0 saturated heterocycles. The van der Waals surface area contributed by atoms with Crippen LogP contribution in [0.4, 0.5) is 11.4 Å². The molecule has 2 rings (SSSR count). The van der Waals surface area contributed by atoms with E-state index in [0.29, 0.717) is 10.7 Å². The number of benzene rings is 2. The van der Waals surface area contributed by atoms with Crippen LogP contribution in [0.2, 0.25) is 5.02 Å². The first-order valence-electron chi connectivity index (χ1n) is 6.83. The summed E-state index contributed by atoms with van der Waals surface area (Å²) < 4.78 is 24.4. The highest BCUT2D eigenvalue weighted by Crippen LogP contribution is 2.17. The average Bonchev–Trinajstić information content (AvgIpc) is 2.47. The van der Waals surface area contributed by atoms with Gasteiger partial charge in [0.2, 0.25) is 5.91 Å². The number of anilines is 2. The van der Waals surface area contributed by atoms with E-state index in [-0.39, 0.29) is 4.90 Å². The Kier molecular flexibility index (Phi) is 5.28. The Morgan fingerprint density at radius 2 is 1.61 bits per heavy atom. The van der Waals surface area contributed by atoms with Crippen molar-refractivity contribution >= 4 is 38.7 Å². The molecule has 0 bridgehead atoms. The van der Waals surface area contributed by atoms with Crippen molar-refractivity contribution in [2.45, 2.75) is 4.90 Å². The topological polar surface area (TPSA) is 66.5 Å². The number of hydrogen-bond acceptors (Lipinski definition) is 4. The van der Waals surface area contributed by atoms with E-state index >= 15 is 0 Å². The van der Waals surface area contributed by atoms with Crippen LogP contribution >= 0.6 is 11.6 Å². The van der Waals surface area contributed by atoms with Crippen LogP contribution in [0.25, 0.3) is 0 Å². The zero-order valence-corrected chi connectivity index (χ0v) is 14.4. The van der Waals surface area contributed by atoms with Crippen molar-refractivity contribution in [3.05, 3.63) is 53.6 Å². The van der Waals surface area contributed by atoms with Crippen molar-refractivity contribution in [1.29, 1.82) is 0 Å². The molecule has 0 unspecified atom stereocenters. The van der Waals surface area contributed by atoms with E-state index in [4.69, 9.17) is 11.6 Å². The fourth-order valence-electron chi connectivity index (χ4n) is 1.94. The summed E-state index contributed by atoms with van der Waals surface area (Å²) in [5.74, 6) is -1.21. The molecule has 2 aromatic rings. The van der Waals surface area contributed by atoms with Crippen LogP contribution in [0.3, 0.4) is 0 Å². The fourth-order valence-corrected chi connectivity index (χ4v) is 3.20. The third-order valence-electron chi connectivity index (χ3n) is 3.16. The van der Waals surface area contributed by atoms with Gasteiger partial charge in [0.1, 0.15) is 5.75 Å². The van der Waals surface area contributed by atoms with Crippen LogP contribution in [0.5, 0.6) is 0 Å². The Bertz CT molecular complexity index is 785. The van der Waals surface area contributed by atoms with Crippen molar-refractivity contribution in [2.75, 3.05) is 30.1 Å². The number of hydrogen-bond donors (Lipinski definition) is 1. The maximum atomic E-state index is 12.2. The first kappa shape index (κ1) is 17.3. The Hall–Kier alpha value is -2.05. The maximum absolute atomic E-state index is 12.2. The highest BCUT2D eigenvalue weighted by molar-refractivity contribution is 7.92. The number of carbonyl (C=O) groups excluding carboxylic acids is 1. The number of nitrogens with one attached hydrogen (secondary N) is 1. The minimum atomic E-state index is -3.70. The summed E-state index contributed by atoms with van der Waals surface area (Å²) >= 11 is 5.73. The summed E-state index contributed by atoms with van der Waals surface area (Å²) in [6, 6.07) is 12.9. The van der Waals surface area contributed by atoms with Gasteiger partial charge < -0.3 is 10.2 Å². The molecule has 122 valence electrons. The lowest BCUT2D eigenvalue weighted by Gasteiger charge is -2.13. The average molecular weight is 353 g/mol. The molecule has 1 amide bonds. The molecule has 0 spiro atoms. The molecule has 0 aliphatic carbocycles. The third kappa shape index (κ3) is 4.71. The SMILES string of the molecule is CN(C)c1ccc(NC(=O)CS(=O)(=O)c2ccc(Cl)cc2)cc1. The number of nitrogens with zero attached hydrogens (tertiary/aromatic N) is 1. The largest absolute Gasteiger partial charge is 0.378 e. The van der Waals surface area contributed by atoms with Gasteiger partial charge in [-0.3, -0.25) is 4.79 Å². The standard InChI is InChI=1S/C16H17ClN2O3S/c1-19(2)14-7-5-13(6-8-14)18-16(20)11-23(21,22)15-9-3-12(17)4-10-15/h3-10H,11H2,1-2H3,(H,18,20). The first-order chi connectivity index (χ1) is 10.8. The van der Waals surface area contributed by atoms with Crippen LogP contribution in [-0.4, -0.2) is 34.2 Å². The molecule has 5 nitrogen and oxygen atoms in total. The number of halogens is 1. The maximum Gasteiger partial charge on any atom is 0.239 e. The molecule has 2 aromatic carbocycles. The van der Waals surface area contributed by atoms with Crippen LogP contribution in [0.15, 0.2) is 53.4 Å².